The molecule has 6 N–H and O–H groups in total. The fourth-order valence-electron chi connectivity index (χ4n) is 2.72. The van der Waals surface area contributed by atoms with Crippen molar-refractivity contribution in [1.29, 1.82) is 0 Å². The van der Waals surface area contributed by atoms with E-state index in [1.807, 2.05) is 0 Å². The second-order valence-corrected chi connectivity index (χ2v) is 10.5. The number of nitrogens with two attached hydrogens (primary N) is 2. The summed E-state index contributed by atoms with van der Waals surface area (Å²) in [6, 6.07) is -1.31. The van der Waals surface area contributed by atoms with Crippen LogP contribution < -0.4 is 155 Å². The molecule has 3 heterocycles. The van der Waals surface area contributed by atoms with Crippen LogP contribution in [0.25, 0.3) is 11.2 Å². The fraction of sp³-hybridized carbons (Fsp3) is 0.500. The van der Waals surface area contributed by atoms with Gasteiger partial charge in [-0.2, -0.15) is 4.98 Å². The molecule has 0 bridgehead atoms. The third-order valence-corrected chi connectivity index (χ3v) is 7.62. The zero-order valence-electron chi connectivity index (χ0n) is 19.3. The maximum Gasteiger partial charge on any atom is 1.00 e. The van der Waals surface area contributed by atoms with Gasteiger partial charge >= 0.3 is 118 Å². The molecule has 26 heteroatoms. The predicted octanol–water partition coefficient (Wildman–Crippen LogP) is -16.9. The number of imidazole rings is 1. The average Bonchev–Trinajstić information content (AvgIpc) is 3.12. The van der Waals surface area contributed by atoms with Crippen LogP contribution in [0.1, 0.15) is 6.23 Å². The maximum atomic E-state index is 11.9. The molecule has 0 amide bonds. The van der Waals surface area contributed by atoms with Gasteiger partial charge in [-0.25, -0.2) is 9.29 Å². The zero-order valence-corrected chi connectivity index (χ0v) is 30.0. The molecule has 36 heavy (non-hydrogen) atoms. The van der Waals surface area contributed by atoms with Crippen LogP contribution in [-0.2, 0) is 31.6 Å². The number of aliphatic hydroxyl groups excluding tert-OH is 1. The van der Waals surface area contributed by atoms with Crippen molar-refractivity contribution in [2.75, 3.05) is 12.3 Å². The smallest absolute Gasteiger partial charge is 0.790 e. The Hall–Kier alpha value is 2.44. The SMILES string of the molecule is Nc1nc2c(ncn2[C@@H]2O[C@H](COP(=O)([O-])OP(=O)([O-])OP(=O)([O-])[O-])[C@@H](N)[C@H]2O)c(=O)[nH]1.[Na+].[Na+].[Na+].[Na+]. The number of hydrogen-bond acceptors (Lipinski definition) is 17. The van der Waals surface area contributed by atoms with Crippen LogP contribution in [-0.4, -0.2) is 49.5 Å². The van der Waals surface area contributed by atoms with E-state index in [0.29, 0.717) is 0 Å². The summed E-state index contributed by atoms with van der Waals surface area (Å²) in [5.41, 5.74) is 10.3. The molecule has 1 saturated heterocycles. The second kappa shape index (κ2) is 15.6. The van der Waals surface area contributed by atoms with Crippen molar-refractivity contribution in [3.8, 4) is 0 Å². The number of aromatic nitrogens is 4. The van der Waals surface area contributed by atoms with Gasteiger partial charge in [0.15, 0.2) is 17.4 Å². The number of H-pyrrole nitrogens is 1. The van der Waals surface area contributed by atoms with Gasteiger partial charge in [-0.05, 0) is 0 Å². The van der Waals surface area contributed by atoms with Crippen LogP contribution >= 0.6 is 23.5 Å². The number of ether oxygens (including phenoxy) is 1. The number of anilines is 1. The van der Waals surface area contributed by atoms with Gasteiger partial charge in [0.25, 0.3) is 21.2 Å². The predicted molar refractivity (Wildman–Crippen MR) is 91.4 cm³/mol. The quantitative estimate of drug-likeness (QED) is 0.159. The van der Waals surface area contributed by atoms with E-state index >= 15 is 0 Å². The van der Waals surface area contributed by atoms with Gasteiger partial charge in [0.2, 0.25) is 5.95 Å². The van der Waals surface area contributed by atoms with Gasteiger partial charge in [0.05, 0.1) is 26.8 Å². The standard InChI is InChI=1S/C10H17N6O13P3.4Na/c11-4-3(1-26-31(22,23)29-32(24,25)28-30(19,20)21)27-9(6(4)17)16-2-13-5-7(16)14-10(12)15-8(5)18;;;;/h2-4,6,9,17H,1,11H2,(H,22,23)(H,24,25)(H2,19,20,21)(H3,12,14,15,18);;;;/q;4*+1/p-4/t3-,4-,6-,9-;;;;/m1..../s1. The van der Waals surface area contributed by atoms with Gasteiger partial charge in [-0.15, -0.1) is 0 Å². The van der Waals surface area contributed by atoms with E-state index in [0.717, 1.165) is 10.9 Å². The minimum atomic E-state index is -6.14. The number of nitrogens with one attached hydrogen (secondary N) is 1. The summed E-state index contributed by atoms with van der Waals surface area (Å²) in [5, 5.41) is 10.3. The number of aromatic amines is 1. The molecule has 180 valence electrons. The first-order valence-electron chi connectivity index (χ1n) is 8.11. The number of phosphoric ester groups is 1. The number of rotatable bonds is 8. The molecule has 1 aliphatic rings. The van der Waals surface area contributed by atoms with Crippen molar-refractivity contribution < 1.29 is 174 Å². The van der Waals surface area contributed by atoms with Gasteiger partial charge in [-0.1, -0.05) is 0 Å². The molecule has 0 aliphatic carbocycles. The van der Waals surface area contributed by atoms with Crippen LogP contribution in [0, 0.1) is 0 Å². The van der Waals surface area contributed by atoms with E-state index in [-0.39, 0.29) is 135 Å². The Morgan fingerprint density at radius 2 is 1.69 bits per heavy atom. The first-order valence-corrected chi connectivity index (χ1v) is 12.5. The number of aliphatic hydroxyl groups is 1. The Labute approximate surface area is 290 Å². The topological polar surface area (TPSA) is 316 Å². The van der Waals surface area contributed by atoms with Gasteiger partial charge < -0.3 is 50.0 Å². The first-order chi connectivity index (χ1) is 14.6. The number of nitrogen functional groups attached to an aromatic ring is 1. The molecular formula is C10H13N6Na4O13P3. The summed E-state index contributed by atoms with van der Waals surface area (Å²) in [4.78, 5) is 65.2. The normalized spacial score (nSPS) is 24.8. The van der Waals surface area contributed by atoms with Crippen LogP contribution in [0.3, 0.4) is 0 Å². The van der Waals surface area contributed by atoms with E-state index in [9.17, 15) is 43.2 Å². The van der Waals surface area contributed by atoms with Crippen LogP contribution in [0.4, 0.5) is 5.95 Å². The van der Waals surface area contributed by atoms with Crippen LogP contribution in [0.5, 0.6) is 0 Å². The third kappa shape index (κ3) is 10.7. The van der Waals surface area contributed by atoms with E-state index in [4.69, 9.17) is 16.2 Å². The molecule has 2 aromatic rings. The molecule has 1 fully saturated rings. The van der Waals surface area contributed by atoms with Crippen molar-refractivity contribution in [2.24, 2.45) is 5.73 Å². The van der Waals surface area contributed by atoms with Crippen molar-refractivity contribution in [3.05, 3.63) is 16.7 Å². The molecular weight excluding hydrogens is 597 g/mol. The Balaban J connectivity index is 0. The summed E-state index contributed by atoms with van der Waals surface area (Å²) >= 11 is 0. The van der Waals surface area contributed by atoms with Gasteiger partial charge in [0, 0.05) is 0 Å². The minimum absolute atomic E-state index is 0. The number of nitrogens with zero attached hydrogens (tertiary/aromatic N) is 3. The molecule has 6 atom stereocenters. The molecule has 0 saturated carbocycles. The first kappa shape index (κ1) is 40.6. The molecule has 0 radical (unpaired) electrons. The van der Waals surface area contributed by atoms with Crippen molar-refractivity contribution in [1.82, 2.24) is 19.5 Å². The Kier molecular flexibility index (Phi) is 17.6. The van der Waals surface area contributed by atoms with Crippen molar-refractivity contribution in [3.63, 3.8) is 0 Å². The van der Waals surface area contributed by atoms with Crippen molar-refractivity contribution >= 4 is 40.6 Å². The van der Waals surface area contributed by atoms with E-state index in [1.165, 1.54) is 0 Å². The Bertz CT molecular complexity index is 1230. The van der Waals surface area contributed by atoms with Crippen LogP contribution in [0.15, 0.2) is 11.1 Å². The van der Waals surface area contributed by atoms with E-state index < -0.39 is 60.1 Å². The third-order valence-electron chi connectivity index (χ3n) is 3.95. The molecule has 0 spiro atoms. The Morgan fingerprint density at radius 1 is 1.11 bits per heavy atom. The molecule has 1 aliphatic heterocycles. The number of hydrogen-bond donors (Lipinski definition) is 4. The Morgan fingerprint density at radius 3 is 2.25 bits per heavy atom. The monoisotopic (exact) mass is 610 g/mol. The second-order valence-electron chi connectivity index (χ2n) is 6.21. The summed E-state index contributed by atoms with van der Waals surface area (Å²) < 4.78 is 50.4. The molecule has 3 rings (SSSR count). The number of fused-ring (bicyclic) bond motifs is 1. The van der Waals surface area contributed by atoms with Crippen molar-refractivity contribution in [2.45, 2.75) is 24.5 Å². The molecule has 2 unspecified atom stereocenters. The molecule has 2 aromatic heterocycles. The van der Waals surface area contributed by atoms with Gasteiger partial charge in [0.1, 0.15) is 12.2 Å². The summed E-state index contributed by atoms with van der Waals surface area (Å²) in [6.07, 6.45) is -3.18. The summed E-state index contributed by atoms with van der Waals surface area (Å²) in [7, 11) is -18.1. The molecule has 19 nitrogen and oxygen atoms in total. The number of phosphoric acid groups is 3. The minimum Gasteiger partial charge on any atom is -0.790 e. The average molecular weight is 610 g/mol. The van der Waals surface area contributed by atoms with E-state index in [1.54, 1.807) is 0 Å². The largest absolute Gasteiger partial charge is 1.00 e. The fourth-order valence-corrected chi connectivity index (χ4v) is 5.58. The summed E-state index contributed by atoms with van der Waals surface area (Å²) in [6.45, 7) is -1.01. The summed E-state index contributed by atoms with van der Waals surface area (Å²) in [5.74, 6) is -0.268. The van der Waals surface area contributed by atoms with Gasteiger partial charge in [-0.3, -0.25) is 27.8 Å². The molecule has 0 aromatic carbocycles. The van der Waals surface area contributed by atoms with E-state index in [2.05, 4.69) is 28.1 Å². The maximum absolute atomic E-state index is 11.9. The van der Waals surface area contributed by atoms with Crippen LogP contribution in [0.2, 0.25) is 0 Å². The zero-order chi connectivity index (χ0) is 24.1.